The summed E-state index contributed by atoms with van der Waals surface area (Å²) in [5.41, 5.74) is 0. The maximum absolute atomic E-state index is 12.7. The summed E-state index contributed by atoms with van der Waals surface area (Å²) < 4.78 is 11.4. The van der Waals surface area contributed by atoms with Gasteiger partial charge in [0.05, 0.1) is 19.3 Å². The first-order valence-electron chi connectivity index (χ1n) is 9.07. The molecule has 1 amide bonds. The average Bonchev–Trinajstić information content (AvgIpc) is 3.22. The topological polar surface area (TPSA) is 60.1 Å². The average molecular weight is 364 g/mol. The van der Waals surface area contributed by atoms with Gasteiger partial charge in [-0.2, -0.15) is 0 Å². The number of nitrogens with one attached hydrogen (secondary N) is 1. The number of amides is 1. The number of nitrogens with zero attached hydrogens (tertiary/aromatic N) is 2. The van der Waals surface area contributed by atoms with Crippen molar-refractivity contribution < 1.29 is 18.9 Å². The molecule has 27 heavy (non-hydrogen) atoms. The van der Waals surface area contributed by atoms with Crippen LogP contribution in [0.3, 0.4) is 0 Å². The van der Waals surface area contributed by atoms with Crippen LogP contribution in [0.4, 0.5) is 5.82 Å². The van der Waals surface area contributed by atoms with E-state index < -0.39 is 0 Å². The molecule has 0 saturated carbocycles. The molecule has 0 aliphatic carbocycles. The number of carbonyl (C=O) groups is 1. The maximum Gasteiger partial charge on any atom is 0.289 e. The largest absolute Gasteiger partial charge is 0.486 e. The van der Waals surface area contributed by atoms with Crippen LogP contribution in [0, 0.1) is 0 Å². The fourth-order valence-electron chi connectivity index (χ4n) is 3.13. The second kappa shape index (κ2) is 7.95. The number of H-pyrrole nitrogens is 1. The van der Waals surface area contributed by atoms with Crippen molar-refractivity contribution in [2.24, 2.45) is 0 Å². The lowest BCUT2D eigenvalue weighted by Gasteiger charge is -2.30. The van der Waals surface area contributed by atoms with Crippen LogP contribution in [-0.2, 0) is 6.61 Å². The number of anilines is 1. The molecule has 4 rings (SSSR count). The molecule has 0 unspecified atom stereocenters. The van der Waals surface area contributed by atoms with Gasteiger partial charge in [0.15, 0.2) is 5.76 Å². The fourth-order valence-corrected chi connectivity index (χ4v) is 3.13. The molecular formula is C21H22N3O3+. The van der Waals surface area contributed by atoms with Gasteiger partial charge in [0.1, 0.15) is 31.2 Å². The highest BCUT2D eigenvalue weighted by atomic mass is 16.5. The molecule has 0 radical (unpaired) electrons. The first-order chi connectivity index (χ1) is 13.3. The van der Waals surface area contributed by atoms with Gasteiger partial charge in [0, 0.05) is 6.07 Å². The molecule has 1 saturated heterocycles. The quantitative estimate of drug-likeness (QED) is 0.698. The molecule has 3 heterocycles. The number of piperazine rings is 1. The molecule has 1 fully saturated rings. The van der Waals surface area contributed by atoms with E-state index in [-0.39, 0.29) is 5.91 Å². The van der Waals surface area contributed by atoms with Crippen LogP contribution in [0.15, 0.2) is 71.3 Å². The number of carbonyl (C=O) groups excluding carboxylic acids is 1. The van der Waals surface area contributed by atoms with E-state index >= 15 is 0 Å². The van der Waals surface area contributed by atoms with Gasteiger partial charge in [-0.15, -0.1) is 0 Å². The number of furan rings is 1. The minimum atomic E-state index is -0.0716. The molecule has 0 atom stereocenters. The zero-order chi connectivity index (χ0) is 18.5. The number of para-hydroxylation sites is 1. The Bertz CT molecular complexity index is 872. The van der Waals surface area contributed by atoms with Crippen molar-refractivity contribution in [1.29, 1.82) is 0 Å². The van der Waals surface area contributed by atoms with Crippen LogP contribution < -0.4 is 14.6 Å². The lowest BCUT2D eigenvalue weighted by atomic mass is 10.2. The number of hydrogen-bond acceptors (Lipinski definition) is 4. The molecule has 138 valence electrons. The Hall–Kier alpha value is -3.28. The zero-order valence-corrected chi connectivity index (χ0v) is 15.0. The van der Waals surface area contributed by atoms with Gasteiger partial charge in [-0.1, -0.05) is 24.3 Å². The number of benzene rings is 1. The highest BCUT2D eigenvalue weighted by molar-refractivity contribution is 5.91. The van der Waals surface area contributed by atoms with Crippen LogP contribution in [0.2, 0.25) is 0 Å². The smallest absolute Gasteiger partial charge is 0.289 e. The van der Waals surface area contributed by atoms with E-state index in [4.69, 9.17) is 9.15 Å². The Morgan fingerprint density at radius 2 is 1.74 bits per heavy atom. The monoisotopic (exact) mass is 364 g/mol. The first kappa shape index (κ1) is 17.1. The van der Waals surface area contributed by atoms with E-state index in [1.807, 2.05) is 59.6 Å². The van der Waals surface area contributed by atoms with Crippen molar-refractivity contribution in [2.75, 3.05) is 31.1 Å². The predicted octanol–water partition coefficient (Wildman–Crippen LogP) is 2.64. The summed E-state index contributed by atoms with van der Waals surface area (Å²) in [6.45, 7) is 3.21. The third-order valence-electron chi connectivity index (χ3n) is 4.60. The van der Waals surface area contributed by atoms with Crippen LogP contribution in [0.1, 0.15) is 16.3 Å². The van der Waals surface area contributed by atoms with Crippen molar-refractivity contribution in [2.45, 2.75) is 6.61 Å². The van der Waals surface area contributed by atoms with Gasteiger partial charge in [0.25, 0.3) is 11.7 Å². The predicted molar refractivity (Wildman–Crippen MR) is 101 cm³/mol. The molecule has 6 heteroatoms. The molecular weight excluding hydrogens is 342 g/mol. The number of aromatic nitrogens is 1. The van der Waals surface area contributed by atoms with E-state index in [0.717, 1.165) is 24.7 Å². The van der Waals surface area contributed by atoms with E-state index in [1.165, 1.54) is 0 Å². The van der Waals surface area contributed by atoms with Crippen molar-refractivity contribution in [3.63, 3.8) is 0 Å². The minimum absolute atomic E-state index is 0.0716. The van der Waals surface area contributed by atoms with E-state index in [1.54, 1.807) is 12.1 Å². The van der Waals surface area contributed by atoms with Gasteiger partial charge in [-0.3, -0.25) is 9.69 Å². The van der Waals surface area contributed by atoms with Gasteiger partial charge in [-0.25, -0.2) is 4.98 Å². The van der Waals surface area contributed by atoms with Gasteiger partial charge in [-0.05, 0) is 30.3 Å². The SMILES string of the molecule is O=C(c1ccc(COc2ccccc2)o1)N1CCN(c2cccc[nH+]2)CC1. The summed E-state index contributed by atoms with van der Waals surface area (Å²) in [6.07, 6.45) is 1.91. The van der Waals surface area contributed by atoms with Crippen LogP contribution >= 0.6 is 0 Å². The summed E-state index contributed by atoms with van der Waals surface area (Å²) in [5.74, 6) is 2.78. The molecule has 6 nitrogen and oxygen atoms in total. The second-order valence-electron chi connectivity index (χ2n) is 6.39. The minimum Gasteiger partial charge on any atom is -0.486 e. The van der Waals surface area contributed by atoms with Crippen molar-refractivity contribution in [3.05, 3.63) is 78.4 Å². The summed E-state index contributed by atoms with van der Waals surface area (Å²) in [5, 5.41) is 0. The molecule has 2 aromatic heterocycles. The lowest BCUT2D eigenvalue weighted by molar-refractivity contribution is -0.364. The Kier molecular flexibility index (Phi) is 5.05. The summed E-state index contributed by atoms with van der Waals surface area (Å²) in [6, 6.07) is 19.1. The Morgan fingerprint density at radius 3 is 2.48 bits per heavy atom. The van der Waals surface area contributed by atoms with Gasteiger partial charge in [0.2, 0.25) is 0 Å². The number of aromatic amines is 1. The molecule has 1 aliphatic heterocycles. The summed E-state index contributed by atoms with van der Waals surface area (Å²) in [4.78, 5) is 20.0. The van der Waals surface area contributed by atoms with E-state index in [9.17, 15) is 4.79 Å². The normalized spacial score (nSPS) is 14.2. The van der Waals surface area contributed by atoms with Crippen LogP contribution in [0.25, 0.3) is 0 Å². The fraction of sp³-hybridized carbons (Fsp3) is 0.238. The number of hydrogen-bond donors (Lipinski definition) is 0. The molecule has 1 aliphatic rings. The zero-order valence-electron chi connectivity index (χ0n) is 15.0. The van der Waals surface area contributed by atoms with E-state index in [0.29, 0.717) is 31.2 Å². The highest BCUT2D eigenvalue weighted by Crippen LogP contribution is 2.17. The van der Waals surface area contributed by atoms with Crippen LogP contribution in [0.5, 0.6) is 5.75 Å². The van der Waals surface area contributed by atoms with Crippen LogP contribution in [-0.4, -0.2) is 37.0 Å². The van der Waals surface area contributed by atoms with E-state index in [2.05, 4.69) is 9.88 Å². The number of rotatable bonds is 5. The Morgan fingerprint density at radius 1 is 0.963 bits per heavy atom. The number of ether oxygens (including phenoxy) is 1. The second-order valence-corrected chi connectivity index (χ2v) is 6.39. The lowest BCUT2D eigenvalue weighted by Crippen LogP contribution is -2.49. The van der Waals surface area contributed by atoms with Crippen molar-refractivity contribution in [3.8, 4) is 5.75 Å². The molecule has 1 aromatic carbocycles. The Balaban J connectivity index is 1.32. The Labute approximate surface area is 158 Å². The highest BCUT2D eigenvalue weighted by Gasteiger charge is 2.28. The van der Waals surface area contributed by atoms with Crippen molar-refractivity contribution in [1.82, 2.24) is 4.90 Å². The third kappa shape index (κ3) is 4.11. The molecule has 0 bridgehead atoms. The standard InChI is InChI=1S/C21H21N3O3/c25-21(24-14-12-23(13-15-24)20-8-4-5-11-22-20)19-10-9-18(27-19)16-26-17-6-2-1-3-7-17/h1-11H,12-16H2/p+1. The first-order valence-corrected chi connectivity index (χ1v) is 9.07. The molecule has 1 N–H and O–H groups in total. The third-order valence-corrected chi connectivity index (χ3v) is 4.60. The summed E-state index contributed by atoms with van der Waals surface area (Å²) >= 11 is 0. The van der Waals surface area contributed by atoms with Crippen molar-refractivity contribution >= 4 is 11.7 Å². The van der Waals surface area contributed by atoms with Gasteiger partial charge < -0.3 is 14.1 Å². The van der Waals surface area contributed by atoms with Gasteiger partial charge >= 0.3 is 0 Å². The molecule has 0 spiro atoms. The molecule has 3 aromatic rings. The number of pyridine rings is 1. The maximum atomic E-state index is 12.7. The summed E-state index contributed by atoms with van der Waals surface area (Å²) in [7, 11) is 0.